The molecule has 4 rings (SSSR count). The van der Waals surface area contributed by atoms with Crippen molar-refractivity contribution in [2.24, 2.45) is 0 Å². The topological polar surface area (TPSA) is 0 Å². The van der Waals surface area contributed by atoms with Gasteiger partial charge in [0.25, 0.3) is 0 Å². The predicted octanol–water partition coefficient (Wildman–Crippen LogP) is 7.27. The first-order valence-electron chi connectivity index (χ1n) is 9.78. The summed E-state index contributed by atoms with van der Waals surface area (Å²) in [5, 5.41) is 0.786. The molecule has 0 nitrogen and oxygen atoms in total. The number of hydrogen-bond donors (Lipinski definition) is 0. The minimum absolute atomic E-state index is 0.00501. The summed E-state index contributed by atoms with van der Waals surface area (Å²) < 4.78 is 0. The molecule has 0 saturated heterocycles. The molecule has 0 N–H and O–H groups in total. The van der Waals surface area contributed by atoms with Crippen LogP contribution in [-0.2, 0) is 10.8 Å². The smallest absolute Gasteiger partial charge is 0.0463 e. The second-order valence-electron chi connectivity index (χ2n) is 7.82. The summed E-state index contributed by atoms with van der Waals surface area (Å²) in [6.45, 7) is 4.71. The summed E-state index contributed by atoms with van der Waals surface area (Å²) in [4.78, 5) is 0. The second-order valence-corrected chi connectivity index (χ2v) is 10.4. The van der Waals surface area contributed by atoms with Crippen LogP contribution in [0, 0.1) is 0 Å². The molecule has 4 unspecified atom stereocenters. The van der Waals surface area contributed by atoms with Crippen LogP contribution >= 0.6 is 21.6 Å². The molecule has 142 valence electrons. The minimum Gasteiger partial charge on any atom is -0.0846 e. The molecule has 2 aliphatic rings. The molecule has 2 aromatic carbocycles. The van der Waals surface area contributed by atoms with Crippen LogP contribution in [0.4, 0.5) is 0 Å². The zero-order chi connectivity index (χ0) is 19.5. The highest BCUT2D eigenvalue weighted by molar-refractivity contribution is 8.77. The highest BCUT2D eigenvalue weighted by Gasteiger charge is 2.38. The molecule has 0 saturated carbocycles. The Hall–Kier alpha value is -1.90. The SMILES string of the molecule is CC1(c2ccccc2)C=CC=CC1SSC1C=CC=CC1(C)c1ccccc1. The van der Waals surface area contributed by atoms with Crippen LogP contribution in [0.25, 0.3) is 0 Å². The lowest BCUT2D eigenvalue weighted by atomic mass is 9.77. The van der Waals surface area contributed by atoms with Gasteiger partial charge in [0, 0.05) is 21.3 Å². The van der Waals surface area contributed by atoms with Gasteiger partial charge in [0.2, 0.25) is 0 Å². The molecule has 0 aromatic heterocycles. The van der Waals surface area contributed by atoms with Crippen LogP contribution in [0.15, 0.2) is 109 Å². The van der Waals surface area contributed by atoms with Gasteiger partial charge in [-0.1, -0.05) is 145 Å². The summed E-state index contributed by atoms with van der Waals surface area (Å²) >= 11 is 0. The molecular weight excluding hydrogens is 376 g/mol. The van der Waals surface area contributed by atoms with Crippen molar-refractivity contribution in [1.29, 1.82) is 0 Å². The van der Waals surface area contributed by atoms with Gasteiger partial charge in [0.15, 0.2) is 0 Å². The van der Waals surface area contributed by atoms with Crippen molar-refractivity contribution in [3.8, 4) is 0 Å². The number of allylic oxidation sites excluding steroid dienone is 6. The fourth-order valence-corrected chi connectivity index (χ4v) is 7.61. The van der Waals surface area contributed by atoms with Crippen molar-refractivity contribution in [1.82, 2.24) is 0 Å². The van der Waals surface area contributed by atoms with Gasteiger partial charge in [-0.15, -0.1) is 0 Å². The average Bonchev–Trinajstić information content (AvgIpc) is 2.75. The largest absolute Gasteiger partial charge is 0.0846 e. The fraction of sp³-hybridized carbons (Fsp3) is 0.231. The molecule has 0 heterocycles. The van der Waals surface area contributed by atoms with Gasteiger partial charge in [0.05, 0.1) is 0 Å². The highest BCUT2D eigenvalue weighted by Crippen LogP contribution is 2.49. The normalized spacial score (nSPS) is 31.2. The standard InChI is InChI=1S/C26H26S2/c1-25(21-13-5-3-6-14-21)19-11-9-17-23(25)27-28-24-18-10-12-20-26(24,2)22-15-7-4-8-16-22/h3-20,23-24H,1-2H3. The van der Waals surface area contributed by atoms with Crippen LogP contribution in [0.2, 0.25) is 0 Å². The van der Waals surface area contributed by atoms with Gasteiger partial charge in [-0.2, -0.15) is 0 Å². The molecule has 0 amide bonds. The van der Waals surface area contributed by atoms with Gasteiger partial charge < -0.3 is 0 Å². The van der Waals surface area contributed by atoms with Crippen molar-refractivity contribution < 1.29 is 0 Å². The van der Waals surface area contributed by atoms with E-state index in [2.05, 4.69) is 123 Å². The Kier molecular flexibility index (Phi) is 5.70. The first-order chi connectivity index (χ1) is 13.6. The average molecular weight is 403 g/mol. The molecule has 0 radical (unpaired) electrons. The Balaban J connectivity index is 1.56. The Morgan fingerprint density at radius 2 is 0.964 bits per heavy atom. The molecule has 0 bridgehead atoms. The Morgan fingerprint density at radius 1 is 0.571 bits per heavy atom. The molecule has 0 fully saturated rings. The van der Waals surface area contributed by atoms with Crippen molar-refractivity contribution in [2.45, 2.75) is 35.2 Å². The van der Waals surface area contributed by atoms with Crippen molar-refractivity contribution in [3.05, 3.63) is 120 Å². The maximum Gasteiger partial charge on any atom is 0.0463 e. The summed E-state index contributed by atoms with van der Waals surface area (Å²) in [6.07, 6.45) is 18.2. The van der Waals surface area contributed by atoms with E-state index in [9.17, 15) is 0 Å². The third kappa shape index (κ3) is 3.68. The van der Waals surface area contributed by atoms with E-state index in [0.29, 0.717) is 10.5 Å². The lowest BCUT2D eigenvalue weighted by Gasteiger charge is -2.39. The molecule has 2 aliphatic carbocycles. The molecule has 2 heteroatoms. The van der Waals surface area contributed by atoms with Crippen molar-refractivity contribution in [2.75, 3.05) is 0 Å². The minimum atomic E-state index is 0.00501. The van der Waals surface area contributed by atoms with Crippen LogP contribution in [0.3, 0.4) is 0 Å². The molecule has 0 aliphatic heterocycles. The number of benzene rings is 2. The van der Waals surface area contributed by atoms with Crippen LogP contribution in [-0.4, -0.2) is 10.5 Å². The number of rotatable bonds is 5. The van der Waals surface area contributed by atoms with E-state index >= 15 is 0 Å². The Bertz CT molecular complexity index is 832. The van der Waals surface area contributed by atoms with Crippen molar-refractivity contribution in [3.63, 3.8) is 0 Å². The van der Waals surface area contributed by atoms with Crippen LogP contribution in [0.5, 0.6) is 0 Å². The molecule has 0 spiro atoms. The molecule has 28 heavy (non-hydrogen) atoms. The third-order valence-electron chi connectivity index (χ3n) is 5.92. The maximum absolute atomic E-state index is 2.35. The van der Waals surface area contributed by atoms with E-state index in [4.69, 9.17) is 0 Å². The molecule has 4 atom stereocenters. The van der Waals surface area contributed by atoms with E-state index in [1.54, 1.807) is 0 Å². The Labute approximate surface area is 176 Å². The first kappa shape index (κ1) is 19.4. The van der Waals surface area contributed by atoms with E-state index in [-0.39, 0.29) is 10.8 Å². The quantitative estimate of drug-likeness (QED) is 0.482. The van der Waals surface area contributed by atoms with E-state index in [1.807, 2.05) is 21.6 Å². The molecular formula is C26H26S2. The summed E-state index contributed by atoms with van der Waals surface area (Å²) in [5.41, 5.74) is 2.76. The highest BCUT2D eigenvalue weighted by atomic mass is 33.1. The van der Waals surface area contributed by atoms with E-state index in [0.717, 1.165) is 0 Å². The fourth-order valence-electron chi connectivity index (χ4n) is 3.93. The first-order valence-corrected chi connectivity index (χ1v) is 12.1. The monoisotopic (exact) mass is 402 g/mol. The van der Waals surface area contributed by atoms with Gasteiger partial charge in [-0.25, -0.2) is 0 Å². The summed E-state index contributed by atoms with van der Waals surface area (Å²) in [7, 11) is 3.99. The van der Waals surface area contributed by atoms with Crippen molar-refractivity contribution >= 4 is 21.6 Å². The van der Waals surface area contributed by atoms with Crippen LogP contribution < -0.4 is 0 Å². The second kappa shape index (κ2) is 8.23. The molecule has 2 aromatic rings. The predicted molar refractivity (Wildman–Crippen MR) is 127 cm³/mol. The lowest BCUT2D eigenvalue weighted by Crippen LogP contribution is -2.34. The maximum atomic E-state index is 2.35. The number of hydrogen-bond acceptors (Lipinski definition) is 2. The van der Waals surface area contributed by atoms with E-state index < -0.39 is 0 Å². The zero-order valence-electron chi connectivity index (χ0n) is 16.4. The Morgan fingerprint density at radius 3 is 1.36 bits per heavy atom. The zero-order valence-corrected chi connectivity index (χ0v) is 18.0. The summed E-state index contributed by atoms with van der Waals surface area (Å²) in [6, 6.07) is 21.8. The van der Waals surface area contributed by atoms with Gasteiger partial charge >= 0.3 is 0 Å². The van der Waals surface area contributed by atoms with Gasteiger partial charge in [-0.05, 0) is 11.1 Å². The third-order valence-corrected chi connectivity index (χ3v) is 9.31. The summed E-state index contributed by atoms with van der Waals surface area (Å²) in [5.74, 6) is 0. The van der Waals surface area contributed by atoms with Gasteiger partial charge in [0.1, 0.15) is 0 Å². The lowest BCUT2D eigenvalue weighted by molar-refractivity contribution is 0.611. The van der Waals surface area contributed by atoms with E-state index in [1.165, 1.54) is 11.1 Å². The van der Waals surface area contributed by atoms with Crippen LogP contribution in [0.1, 0.15) is 25.0 Å². The van der Waals surface area contributed by atoms with Gasteiger partial charge in [-0.3, -0.25) is 0 Å².